The van der Waals surface area contributed by atoms with E-state index in [-0.39, 0.29) is 6.09 Å². The Morgan fingerprint density at radius 2 is 2.31 bits per heavy atom. The van der Waals surface area contributed by atoms with E-state index in [1.54, 1.807) is 0 Å². The Labute approximate surface area is 80.1 Å². The highest BCUT2D eigenvalue weighted by Crippen LogP contribution is 2.17. The van der Waals surface area contributed by atoms with Crippen LogP contribution in [-0.4, -0.2) is 30.2 Å². The van der Waals surface area contributed by atoms with Crippen LogP contribution in [0.1, 0.15) is 39.5 Å². The monoisotopic (exact) mass is 185 g/mol. The average Bonchev–Trinajstić information content (AvgIpc) is 2.15. The number of ether oxygens (including phenoxy) is 1. The highest BCUT2D eigenvalue weighted by Gasteiger charge is 2.23. The third-order valence-electron chi connectivity index (χ3n) is 2.47. The van der Waals surface area contributed by atoms with E-state index in [1.807, 2.05) is 11.8 Å². The normalized spacial score (nSPS) is 22.9. The number of piperidine rings is 1. The topological polar surface area (TPSA) is 29.5 Å². The quantitative estimate of drug-likeness (QED) is 0.661. The van der Waals surface area contributed by atoms with Crippen LogP contribution >= 0.6 is 0 Å². The van der Waals surface area contributed by atoms with Crippen molar-refractivity contribution in [1.82, 2.24) is 4.90 Å². The molecular formula is C10H19NO2. The SMILES string of the molecule is CCCOC(=O)N1CCCC[C@@H]1C. The molecule has 0 aromatic rings. The van der Waals surface area contributed by atoms with Gasteiger partial charge in [0.05, 0.1) is 6.61 Å². The van der Waals surface area contributed by atoms with Gasteiger partial charge in [-0.2, -0.15) is 0 Å². The van der Waals surface area contributed by atoms with E-state index in [0.717, 1.165) is 25.8 Å². The van der Waals surface area contributed by atoms with Crippen LogP contribution in [0.3, 0.4) is 0 Å². The summed E-state index contributed by atoms with van der Waals surface area (Å²) in [5, 5.41) is 0. The lowest BCUT2D eigenvalue weighted by Crippen LogP contribution is -2.42. The first kappa shape index (κ1) is 10.4. The van der Waals surface area contributed by atoms with Crippen molar-refractivity contribution >= 4 is 6.09 Å². The van der Waals surface area contributed by atoms with E-state index < -0.39 is 0 Å². The Morgan fingerprint density at radius 3 is 2.92 bits per heavy atom. The number of rotatable bonds is 2. The molecule has 1 aliphatic heterocycles. The predicted molar refractivity (Wildman–Crippen MR) is 51.7 cm³/mol. The fraction of sp³-hybridized carbons (Fsp3) is 0.900. The van der Waals surface area contributed by atoms with E-state index >= 15 is 0 Å². The first-order valence-corrected chi connectivity index (χ1v) is 5.19. The molecule has 3 nitrogen and oxygen atoms in total. The molecule has 1 atom stereocenters. The second-order valence-corrected chi connectivity index (χ2v) is 3.65. The molecule has 1 aliphatic rings. The minimum Gasteiger partial charge on any atom is -0.449 e. The highest BCUT2D eigenvalue weighted by atomic mass is 16.6. The molecule has 1 amide bonds. The van der Waals surface area contributed by atoms with Gasteiger partial charge in [-0.1, -0.05) is 6.92 Å². The van der Waals surface area contributed by atoms with Crippen molar-refractivity contribution in [1.29, 1.82) is 0 Å². The molecule has 0 aromatic heterocycles. The fourth-order valence-corrected chi connectivity index (χ4v) is 1.64. The highest BCUT2D eigenvalue weighted by molar-refractivity contribution is 5.68. The Balaban J connectivity index is 2.35. The van der Waals surface area contributed by atoms with E-state index in [9.17, 15) is 4.79 Å². The number of hydrogen-bond acceptors (Lipinski definition) is 2. The first-order chi connectivity index (χ1) is 6.25. The molecule has 3 heteroatoms. The van der Waals surface area contributed by atoms with Crippen LogP contribution in [0.5, 0.6) is 0 Å². The summed E-state index contributed by atoms with van der Waals surface area (Å²) in [5.74, 6) is 0. The van der Waals surface area contributed by atoms with Crippen LogP contribution in [0.15, 0.2) is 0 Å². The number of carbonyl (C=O) groups excluding carboxylic acids is 1. The Hall–Kier alpha value is -0.730. The molecule has 0 bridgehead atoms. The number of hydrogen-bond donors (Lipinski definition) is 0. The zero-order valence-corrected chi connectivity index (χ0v) is 8.58. The summed E-state index contributed by atoms with van der Waals surface area (Å²) < 4.78 is 5.09. The second-order valence-electron chi connectivity index (χ2n) is 3.65. The number of carbonyl (C=O) groups is 1. The maximum absolute atomic E-state index is 11.5. The fourth-order valence-electron chi connectivity index (χ4n) is 1.64. The van der Waals surface area contributed by atoms with Gasteiger partial charge in [-0.15, -0.1) is 0 Å². The number of amides is 1. The zero-order chi connectivity index (χ0) is 9.68. The second kappa shape index (κ2) is 5.10. The van der Waals surface area contributed by atoms with Crippen molar-refractivity contribution in [3.63, 3.8) is 0 Å². The smallest absolute Gasteiger partial charge is 0.409 e. The van der Waals surface area contributed by atoms with Gasteiger partial charge >= 0.3 is 6.09 Å². The molecule has 0 aromatic carbocycles. The minimum absolute atomic E-state index is 0.131. The summed E-state index contributed by atoms with van der Waals surface area (Å²) in [4.78, 5) is 13.3. The van der Waals surface area contributed by atoms with E-state index in [4.69, 9.17) is 4.74 Å². The molecule has 0 saturated carbocycles. The Kier molecular flexibility index (Phi) is 4.06. The number of likely N-dealkylation sites (tertiary alicyclic amines) is 1. The molecular weight excluding hydrogens is 166 g/mol. The summed E-state index contributed by atoms with van der Waals surface area (Å²) in [6, 6.07) is 0.359. The van der Waals surface area contributed by atoms with E-state index in [0.29, 0.717) is 12.6 Å². The van der Waals surface area contributed by atoms with Crippen molar-refractivity contribution < 1.29 is 9.53 Å². The Bertz CT molecular complexity index is 170. The minimum atomic E-state index is -0.131. The standard InChI is InChI=1S/C10H19NO2/c1-3-8-13-10(12)11-7-5-4-6-9(11)2/h9H,3-8H2,1-2H3/t9-/m0/s1. The van der Waals surface area contributed by atoms with Crippen molar-refractivity contribution in [2.45, 2.75) is 45.6 Å². The maximum Gasteiger partial charge on any atom is 0.409 e. The summed E-state index contributed by atoms with van der Waals surface area (Å²) in [6.07, 6.45) is 4.23. The van der Waals surface area contributed by atoms with Crippen LogP contribution in [-0.2, 0) is 4.74 Å². The molecule has 0 spiro atoms. The van der Waals surface area contributed by atoms with Gasteiger partial charge in [-0.3, -0.25) is 0 Å². The van der Waals surface area contributed by atoms with Gasteiger partial charge in [0.1, 0.15) is 0 Å². The number of nitrogens with zero attached hydrogens (tertiary/aromatic N) is 1. The Morgan fingerprint density at radius 1 is 1.54 bits per heavy atom. The molecule has 1 fully saturated rings. The molecule has 1 heterocycles. The van der Waals surface area contributed by atoms with Gasteiger partial charge in [-0.05, 0) is 32.6 Å². The van der Waals surface area contributed by atoms with Gasteiger partial charge in [0, 0.05) is 12.6 Å². The van der Waals surface area contributed by atoms with Gasteiger partial charge in [-0.25, -0.2) is 4.79 Å². The lowest BCUT2D eigenvalue weighted by Gasteiger charge is -2.32. The summed E-state index contributed by atoms with van der Waals surface area (Å²) in [7, 11) is 0. The van der Waals surface area contributed by atoms with E-state index in [2.05, 4.69) is 6.92 Å². The molecule has 1 rings (SSSR count). The maximum atomic E-state index is 11.5. The van der Waals surface area contributed by atoms with Crippen LogP contribution < -0.4 is 0 Å². The molecule has 13 heavy (non-hydrogen) atoms. The molecule has 0 unspecified atom stereocenters. The lowest BCUT2D eigenvalue weighted by molar-refractivity contribution is 0.0774. The van der Waals surface area contributed by atoms with Crippen molar-refractivity contribution in [2.24, 2.45) is 0 Å². The van der Waals surface area contributed by atoms with Crippen molar-refractivity contribution in [3.8, 4) is 0 Å². The predicted octanol–water partition coefficient (Wildman–Crippen LogP) is 2.41. The molecule has 1 saturated heterocycles. The largest absolute Gasteiger partial charge is 0.449 e. The molecule has 0 aliphatic carbocycles. The van der Waals surface area contributed by atoms with E-state index in [1.165, 1.54) is 6.42 Å². The van der Waals surface area contributed by atoms with Gasteiger partial charge in [0.15, 0.2) is 0 Å². The first-order valence-electron chi connectivity index (χ1n) is 5.19. The van der Waals surface area contributed by atoms with Crippen LogP contribution in [0.4, 0.5) is 4.79 Å². The zero-order valence-electron chi connectivity index (χ0n) is 8.58. The van der Waals surface area contributed by atoms with Crippen LogP contribution in [0, 0.1) is 0 Å². The van der Waals surface area contributed by atoms with Crippen LogP contribution in [0.2, 0.25) is 0 Å². The third kappa shape index (κ3) is 2.90. The van der Waals surface area contributed by atoms with Gasteiger partial charge in [0.25, 0.3) is 0 Å². The summed E-state index contributed by atoms with van der Waals surface area (Å²) in [6.45, 7) is 5.51. The summed E-state index contributed by atoms with van der Waals surface area (Å²) in [5.41, 5.74) is 0. The van der Waals surface area contributed by atoms with Crippen LogP contribution in [0.25, 0.3) is 0 Å². The third-order valence-corrected chi connectivity index (χ3v) is 2.47. The average molecular weight is 185 g/mol. The van der Waals surface area contributed by atoms with Gasteiger partial charge in [0.2, 0.25) is 0 Å². The van der Waals surface area contributed by atoms with Crippen molar-refractivity contribution in [2.75, 3.05) is 13.2 Å². The van der Waals surface area contributed by atoms with Gasteiger partial charge < -0.3 is 9.64 Å². The molecule has 76 valence electrons. The van der Waals surface area contributed by atoms with Crippen molar-refractivity contribution in [3.05, 3.63) is 0 Å². The molecule has 0 N–H and O–H groups in total. The molecule has 0 radical (unpaired) electrons. The summed E-state index contributed by atoms with van der Waals surface area (Å²) >= 11 is 0. The lowest BCUT2D eigenvalue weighted by atomic mass is 10.0.